The van der Waals surface area contributed by atoms with E-state index in [0.717, 1.165) is 11.1 Å². The van der Waals surface area contributed by atoms with Gasteiger partial charge in [0.2, 0.25) is 6.79 Å². The van der Waals surface area contributed by atoms with E-state index in [1.165, 1.54) is 0 Å². The Morgan fingerprint density at radius 2 is 1.82 bits per heavy atom. The van der Waals surface area contributed by atoms with Crippen molar-refractivity contribution in [1.82, 2.24) is 9.97 Å². The van der Waals surface area contributed by atoms with Gasteiger partial charge in [0.25, 0.3) is 5.56 Å². The fourth-order valence-electron chi connectivity index (χ4n) is 4.39. The molecular weight excluding hydrogens is 362 g/mol. The van der Waals surface area contributed by atoms with Crippen LogP contribution in [0.4, 0.5) is 5.82 Å². The van der Waals surface area contributed by atoms with E-state index in [1.54, 1.807) is 6.07 Å². The number of aromatic amines is 2. The third-order valence-corrected chi connectivity index (χ3v) is 5.50. The van der Waals surface area contributed by atoms with Gasteiger partial charge in [-0.2, -0.15) is 0 Å². The number of carbonyl (C=O) groups excluding carboxylic acids is 1. The molecule has 144 valence electrons. The quantitative estimate of drug-likeness (QED) is 0.696. The molecule has 1 aromatic heterocycles. The summed E-state index contributed by atoms with van der Waals surface area (Å²) >= 11 is 0. The number of benzene rings is 1. The maximum atomic E-state index is 12.8. The Kier molecular flexibility index (Phi) is 3.37. The Balaban J connectivity index is 1.77. The van der Waals surface area contributed by atoms with E-state index in [1.807, 2.05) is 26.0 Å². The zero-order valence-electron chi connectivity index (χ0n) is 15.5. The van der Waals surface area contributed by atoms with Gasteiger partial charge in [0.15, 0.2) is 17.3 Å². The average Bonchev–Trinajstić information content (AvgIpc) is 3.07. The van der Waals surface area contributed by atoms with Crippen LogP contribution in [0.5, 0.6) is 11.5 Å². The summed E-state index contributed by atoms with van der Waals surface area (Å²) in [6.07, 6.45) is 1.05. The molecule has 3 heterocycles. The van der Waals surface area contributed by atoms with E-state index in [2.05, 4.69) is 15.3 Å². The zero-order chi connectivity index (χ0) is 19.6. The third-order valence-electron chi connectivity index (χ3n) is 5.50. The SMILES string of the molecule is CC1(C)CC(=O)C2=C(C1)[C@@H](c1ccc3c(c1)OCO3)c1c([nH]c(=O)[nH]c1=O)N2. The van der Waals surface area contributed by atoms with Gasteiger partial charge in [0, 0.05) is 12.3 Å². The molecule has 0 saturated heterocycles. The number of aromatic nitrogens is 2. The second-order valence-electron chi connectivity index (χ2n) is 8.21. The molecule has 0 amide bonds. The molecule has 5 rings (SSSR count). The Labute approximate surface area is 159 Å². The Bertz CT molecular complexity index is 1170. The number of Topliss-reactive ketones (excluding diaryl/α,β-unsaturated/α-hetero) is 1. The minimum absolute atomic E-state index is 0.0243. The van der Waals surface area contributed by atoms with E-state index >= 15 is 0 Å². The van der Waals surface area contributed by atoms with E-state index in [0.29, 0.717) is 35.6 Å². The molecule has 0 unspecified atom stereocenters. The van der Waals surface area contributed by atoms with Gasteiger partial charge in [-0.25, -0.2) is 4.79 Å². The predicted molar refractivity (Wildman–Crippen MR) is 101 cm³/mol. The molecule has 2 aliphatic heterocycles. The van der Waals surface area contributed by atoms with Gasteiger partial charge in [0.05, 0.1) is 11.3 Å². The van der Waals surface area contributed by atoms with Crippen molar-refractivity contribution in [2.45, 2.75) is 32.6 Å². The van der Waals surface area contributed by atoms with Crippen LogP contribution in [0.1, 0.15) is 43.7 Å². The minimum Gasteiger partial charge on any atom is -0.454 e. The van der Waals surface area contributed by atoms with Gasteiger partial charge in [-0.1, -0.05) is 19.9 Å². The number of ketones is 1. The first kappa shape index (κ1) is 16.9. The molecule has 1 aliphatic carbocycles. The van der Waals surface area contributed by atoms with Crippen molar-refractivity contribution < 1.29 is 14.3 Å². The molecule has 8 heteroatoms. The van der Waals surface area contributed by atoms with Gasteiger partial charge in [-0.3, -0.25) is 19.6 Å². The fourth-order valence-corrected chi connectivity index (χ4v) is 4.39. The van der Waals surface area contributed by atoms with Gasteiger partial charge >= 0.3 is 5.69 Å². The van der Waals surface area contributed by atoms with Crippen LogP contribution in [0.15, 0.2) is 39.1 Å². The first-order valence-electron chi connectivity index (χ1n) is 9.12. The standard InChI is InChI=1S/C20H19N3O5/c1-20(2)6-10-14(9-3-4-12-13(5-9)28-8-27-12)15-17(21-16(10)11(24)7-20)22-19(26)23-18(15)25/h3-5,14H,6-8H2,1-2H3,(H3,21,22,23,25,26)/t14-/m1/s1. The van der Waals surface area contributed by atoms with E-state index in [4.69, 9.17) is 9.47 Å². The third kappa shape index (κ3) is 2.48. The Morgan fingerprint density at radius 3 is 2.64 bits per heavy atom. The monoisotopic (exact) mass is 381 g/mol. The molecule has 3 aliphatic rings. The van der Waals surface area contributed by atoms with Crippen molar-refractivity contribution in [3.63, 3.8) is 0 Å². The van der Waals surface area contributed by atoms with Crippen molar-refractivity contribution in [1.29, 1.82) is 0 Å². The number of hydrogen-bond acceptors (Lipinski definition) is 6. The van der Waals surface area contributed by atoms with Crippen molar-refractivity contribution >= 4 is 11.6 Å². The summed E-state index contributed by atoms with van der Waals surface area (Å²) in [7, 11) is 0. The number of nitrogens with one attached hydrogen (secondary N) is 3. The number of ether oxygens (including phenoxy) is 2. The van der Waals surface area contributed by atoms with Crippen LogP contribution in [0.3, 0.4) is 0 Å². The van der Waals surface area contributed by atoms with Crippen LogP contribution in [0, 0.1) is 5.41 Å². The highest BCUT2D eigenvalue weighted by molar-refractivity contribution is 6.01. The second kappa shape index (κ2) is 5.60. The van der Waals surface area contributed by atoms with Gasteiger partial charge in [-0.15, -0.1) is 0 Å². The van der Waals surface area contributed by atoms with Crippen LogP contribution in [0.25, 0.3) is 0 Å². The molecule has 3 N–H and O–H groups in total. The molecular formula is C20H19N3O5. The van der Waals surface area contributed by atoms with Crippen LogP contribution in [0.2, 0.25) is 0 Å². The van der Waals surface area contributed by atoms with E-state index < -0.39 is 17.2 Å². The lowest BCUT2D eigenvalue weighted by Crippen LogP contribution is -2.38. The number of fused-ring (bicyclic) bond motifs is 2. The highest BCUT2D eigenvalue weighted by atomic mass is 16.7. The summed E-state index contributed by atoms with van der Waals surface area (Å²) < 4.78 is 10.9. The van der Waals surface area contributed by atoms with Gasteiger partial charge < -0.3 is 14.8 Å². The number of rotatable bonds is 1. The van der Waals surface area contributed by atoms with Crippen LogP contribution >= 0.6 is 0 Å². The minimum atomic E-state index is -0.617. The Morgan fingerprint density at radius 1 is 1.04 bits per heavy atom. The van der Waals surface area contributed by atoms with Crippen molar-refractivity contribution in [2.75, 3.05) is 12.1 Å². The Hall–Kier alpha value is -3.29. The summed E-state index contributed by atoms with van der Waals surface area (Å²) in [6, 6.07) is 5.51. The van der Waals surface area contributed by atoms with E-state index in [-0.39, 0.29) is 23.8 Å². The maximum Gasteiger partial charge on any atom is 0.327 e. The summed E-state index contributed by atoms with van der Waals surface area (Å²) in [4.78, 5) is 42.3. The van der Waals surface area contributed by atoms with Gasteiger partial charge in [-0.05, 0) is 35.1 Å². The second-order valence-corrected chi connectivity index (χ2v) is 8.21. The lowest BCUT2D eigenvalue weighted by atomic mass is 9.68. The van der Waals surface area contributed by atoms with Crippen LogP contribution in [-0.2, 0) is 4.79 Å². The number of carbonyl (C=O) groups is 1. The molecule has 0 saturated carbocycles. The number of anilines is 1. The topological polar surface area (TPSA) is 113 Å². The predicted octanol–water partition coefficient (Wildman–Crippen LogP) is 1.99. The fraction of sp³-hybridized carbons (Fsp3) is 0.350. The molecule has 1 atom stereocenters. The molecule has 0 fully saturated rings. The molecule has 0 bridgehead atoms. The summed E-state index contributed by atoms with van der Waals surface area (Å²) in [5, 5.41) is 3.02. The maximum absolute atomic E-state index is 12.8. The normalized spacial score (nSPS) is 21.8. The first-order chi connectivity index (χ1) is 13.3. The molecule has 0 radical (unpaired) electrons. The number of H-pyrrole nitrogens is 2. The molecule has 2 aromatic rings. The molecule has 1 aromatic carbocycles. The smallest absolute Gasteiger partial charge is 0.327 e. The van der Waals surface area contributed by atoms with Crippen molar-refractivity contribution in [3.8, 4) is 11.5 Å². The average molecular weight is 381 g/mol. The highest BCUT2D eigenvalue weighted by Crippen LogP contribution is 2.49. The summed E-state index contributed by atoms with van der Waals surface area (Å²) in [5.41, 5.74) is 1.20. The highest BCUT2D eigenvalue weighted by Gasteiger charge is 2.42. The lowest BCUT2D eigenvalue weighted by molar-refractivity contribution is -0.118. The summed E-state index contributed by atoms with van der Waals surface area (Å²) in [5.74, 6) is 1.02. The molecule has 0 spiro atoms. The number of hydrogen-bond donors (Lipinski definition) is 3. The van der Waals surface area contributed by atoms with Crippen LogP contribution in [-0.4, -0.2) is 22.5 Å². The van der Waals surface area contributed by atoms with E-state index in [9.17, 15) is 14.4 Å². The van der Waals surface area contributed by atoms with Crippen molar-refractivity contribution in [3.05, 3.63) is 61.4 Å². The molecule has 28 heavy (non-hydrogen) atoms. The lowest BCUT2D eigenvalue weighted by Gasteiger charge is -2.39. The zero-order valence-corrected chi connectivity index (χ0v) is 15.5. The number of allylic oxidation sites excluding steroid dienone is 2. The summed E-state index contributed by atoms with van der Waals surface area (Å²) in [6.45, 7) is 4.23. The van der Waals surface area contributed by atoms with Crippen LogP contribution < -0.4 is 26.0 Å². The van der Waals surface area contributed by atoms with Crippen molar-refractivity contribution in [2.24, 2.45) is 5.41 Å². The first-order valence-corrected chi connectivity index (χ1v) is 9.12. The largest absolute Gasteiger partial charge is 0.454 e. The molecule has 8 nitrogen and oxygen atoms in total. The van der Waals surface area contributed by atoms with Gasteiger partial charge in [0.1, 0.15) is 5.82 Å².